The third-order valence-corrected chi connectivity index (χ3v) is 7.92. The first-order chi connectivity index (χ1) is 18.7. The van der Waals surface area contributed by atoms with Crippen LogP contribution in [0.5, 0.6) is 0 Å². The van der Waals surface area contributed by atoms with Crippen molar-refractivity contribution in [2.24, 2.45) is 0 Å². The number of anilines is 2. The van der Waals surface area contributed by atoms with Crippen LogP contribution in [-0.4, -0.2) is 81.6 Å². The molecule has 2 N–H and O–H groups in total. The van der Waals surface area contributed by atoms with Crippen molar-refractivity contribution in [3.05, 3.63) is 65.6 Å². The van der Waals surface area contributed by atoms with Crippen molar-refractivity contribution in [3.8, 4) is 11.4 Å². The van der Waals surface area contributed by atoms with Crippen LogP contribution in [0.25, 0.3) is 22.6 Å². The van der Waals surface area contributed by atoms with E-state index in [4.69, 9.17) is 16.6 Å². The highest BCUT2D eigenvalue weighted by Gasteiger charge is 2.24. The van der Waals surface area contributed by atoms with Crippen molar-refractivity contribution < 1.29 is 0 Å². The number of hydrogen-bond donors (Lipinski definition) is 2. The summed E-state index contributed by atoms with van der Waals surface area (Å²) in [6, 6.07) is 13.2. The van der Waals surface area contributed by atoms with E-state index in [1.807, 2.05) is 18.5 Å². The normalized spacial score (nSPS) is 18.9. The van der Waals surface area contributed by atoms with Crippen molar-refractivity contribution in [2.45, 2.75) is 32.4 Å². The average Bonchev–Trinajstić information content (AvgIpc) is 3.59. The molecule has 2 aliphatic heterocycles. The van der Waals surface area contributed by atoms with Crippen molar-refractivity contribution in [1.82, 2.24) is 29.7 Å². The quantitative estimate of drug-likeness (QED) is 0.336. The Morgan fingerprint density at radius 3 is 2.63 bits per heavy atom. The highest BCUT2D eigenvalue weighted by atomic mass is 35.5. The van der Waals surface area contributed by atoms with E-state index >= 15 is 0 Å². The molecule has 0 bridgehead atoms. The lowest BCUT2D eigenvalue weighted by atomic mass is 10.1. The topological polar surface area (TPSA) is 76.2 Å². The minimum atomic E-state index is 0.369. The third-order valence-electron chi connectivity index (χ3n) is 7.64. The van der Waals surface area contributed by atoms with Crippen LogP contribution in [0, 0.1) is 0 Å². The Kier molecular flexibility index (Phi) is 7.44. The summed E-state index contributed by atoms with van der Waals surface area (Å²) in [5.41, 5.74) is 5.99. The van der Waals surface area contributed by atoms with Gasteiger partial charge in [0, 0.05) is 75.5 Å². The molecule has 3 aromatic heterocycles. The number of benzene rings is 1. The van der Waals surface area contributed by atoms with Crippen LogP contribution in [0.3, 0.4) is 0 Å². The fraction of sp³-hybridized carbons (Fsp3) is 0.414. The Morgan fingerprint density at radius 1 is 1.03 bits per heavy atom. The first kappa shape index (κ1) is 25.1. The highest BCUT2D eigenvalue weighted by Crippen LogP contribution is 2.32. The lowest BCUT2D eigenvalue weighted by Crippen LogP contribution is -2.45. The van der Waals surface area contributed by atoms with E-state index in [0.717, 1.165) is 87.0 Å². The molecule has 0 amide bonds. The number of pyridine rings is 2. The number of aromatic nitrogens is 4. The summed E-state index contributed by atoms with van der Waals surface area (Å²) in [6.07, 6.45) is 7.79. The first-order valence-corrected chi connectivity index (χ1v) is 14.0. The summed E-state index contributed by atoms with van der Waals surface area (Å²) in [5, 5.41) is 4.28. The predicted molar refractivity (Wildman–Crippen MR) is 155 cm³/mol. The van der Waals surface area contributed by atoms with E-state index in [1.54, 1.807) is 6.20 Å². The Morgan fingerprint density at radius 2 is 1.87 bits per heavy atom. The summed E-state index contributed by atoms with van der Waals surface area (Å²) in [6.45, 7) is 10.6. The Balaban J connectivity index is 1.12. The molecule has 9 heteroatoms. The lowest BCUT2D eigenvalue weighted by Gasteiger charge is -2.36. The minimum Gasteiger partial charge on any atom is -0.378 e. The van der Waals surface area contributed by atoms with Crippen molar-refractivity contribution in [1.29, 1.82) is 0 Å². The Labute approximate surface area is 229 Å². The maximum Gasteiger partial charge on any atom is 0.159 e. The molecule has 2 saturated heterocycles. The average molecular weight is 531 g/mol. The number of likely N-dealkylation sites (tertiary alicyclic amines) is 1. The van der Waals surface area contributed by atoms with E-state index in [2.05, 4.69) is 72.2 Å². The molecule has 0 spiro atoms. The van der Waals surface area contributed by atoms with Crippen LogP contribution >= 0.6 is 11.6 Å². The van der Waals surface area contributed by atoms with Crippen molar-refractivity contribution in [3.63, 3.8) is 0 Å². The van der Waals surface area contributed by atoms with E-state index in [9.17, 15) is 0 Å². The Hall–Kier alpha value is -3.20. The van der Waals surface area contributed by atoms with Gasteiger partial charge < -0.3 is 20.1 Å². The molecule has 198 valence electrons. The largest absolute Gasteiger partial charge is 0.378 e. The number of imidazole rings is 1. The monoisotopic (exact) mass is 530 g/mol. The number of nitrogens with one attached hydrogen (secondary N) is 2. The molecule has 0 radical (unpaired) electrons. The Bertz CT molecular complexity index is 1350. The standard InChI is InChI=1S/C29H35ClN8/c1-2-11-36-12-9-23(20-36)33-26-25(30)18-32-29-27(26)34-28(35-29)22-5-7-24(8-6-22)38-15-13-37(14-16-38)19-21-4-3-10-31-17-21/h3-8,10,17-18,23H,2,9,11-16,19-20H2,1H3,(H2,32,33,34,35)/t23-/m0/s1. The molecule has 0 aliphatic carbocycles. The smallest absolute Gasteiger partial charge is 0.159 e. The first-order valence-electron chi connectivity index (χ1n) is 13.7. The molecule has 1 aromatic carbocycles. The van der Waals surface area contributed by atoms with Gasteiger partial charge in [-0.2, -0.15) is 0 Å². The lowest BCUT2D eigenvalue weighted by molar-refractivity contribution is 0.249. The molecule has 2 aliphatic rings. The number of halogens is 1. The van der Waals surface area contributed by atoms with Gasteiger partial charge in [-0.25, -0.2) is 9.97 Å². The van der Waals surface area contributed by atoms with Crippen LogP contribution in [0.2, 0.25) is 5.02 Å². The van der Waals surface area contributed by atoms with Gasteiger partial charge in [0.15, 0.2) is 5.65 Å². The molecule has 1 atom stereocenters. The number of fused-ring (bicyclic) bond motifs is 1. The maximum atomic E-state index is 6.59. The molecule has 0 saturated carbocycles. The predicted octanol–water partition coefficient (Wildman–Crippen LogP) is 4.89. The zero-order valence-corrected chi connectivity index (χ0v) is 22.7. The molecule has 2 fully saturated rings. The van der Waals surface area contributed by atoms with Gasteiger partial charge in [-0.15, -0.1) is 0 Å². The van der Waals surface area contributed by atoms with Crippen LogP contribution in [0.1, 0.15) is 25.3 Å². The van der Waals surface area contributed by atoms with E-state index in [-0.39, 0.29) is 0 Å². The molecular weight excluding hydrogens is 496 g/mol. The summed E-state index contributed by atoms with van der Waals surface area (Å²) in [4.78, 5) is 24.5. The van der Waals surface area contributed by atoms with Gasteiger partial charge in [-0.05, 0) is 55.3 Å². The van der Waals surface area contributed by atoms with Crippen LogP contribution in [-0.2, 0) is 6.54 Å². The third kappa shape index (κ3) is 5.48. The number of hydrogen-bond acceptors (Lipinski definition) is 7. The highest BCUT2D eigenvalue weighted by molar-refractivity contribution is 6.34. The van der Waals surface area contributed by atoms with E-state index in [1.165, 1.54) is 17.7 Å². The number of aromatic amines is 1. The van der Waals surface area contributed by atoms with Gasteiger partial charge in [0.2, 0.25) is 0 Å². The minimum absolute atomic E-state index is 0.369. The van der Waals surface area contributed by atoms with Crippen LogP contribution < -0.4 is 10.2 Å². The molecule has 6 rings (SSSR count). The fourth-order valence-corrected chi connectivity index (χ4v) is 5.82. The summed E-state index contributed by atoms with van der Waals surface area (Å²) < 4.78 is 0. The van der Waals surface area contributed by atoms with Crippen LogP contribution in [0.4, 0.5) is 11.4 Å². The van der Waals surface area contributed by atoms with Gasteiger partial charge in [0.1, 0.15) is 11.3 Å². The van der Waals surface area contributed by atoms with E-state index in [0.29, 0.717) is 11.1 Å². The number of H-pyrrole nitrogens is 1. The maximum absolute atomic E-state index is 6.59. The zero-order valence-electron chi connectivity index (χ0n) is 21.9. The van der Waals surface area contributed by atoms with Crippen molar-refractivity contribution in [2.75, 3.05) is 56.0 Å². The molecule has 4 aromatic rings. The van der Waals surface area contributed by atoms with Gasteiger partial charge in [0.25, 0.3) is 0 Å². The SMILES string of the molecule is CCCN1CC[C@H](Nc2c(Cl)cnc3[nH]c(-c4ccc(N5CCN(Cc6cccnc6)CC5)cc4)nc23)C1. The second-order valence-electron chi connectivity index (χ2n) is 10.4. The summed E-state index contributed by atoms with van der Waals surface area (Å²) in [5.74, 6) is 0.810. The van der Waals surface area contributed by atoms with Gasteiger partial charge >= 0.3 is 0 Å². The fourth-order valence-electron chi connectivity index (χ4n) is 5.62. The van der Waals surface area contributed by atoms with Gasteiger partial charge in [-0.1, -0.05) is 24.6 Å². The van der Waals surface area contributed by atoms with Crippen molar-refractivity contribution >= 4 is 34.1 Å². The summed E-state index contributed by atoms with van der Waals surface area (Å²) in [7, 11) is 0. The number of nitrogens with zero attached hydrogens (tertiary/aromatic N) is 6. The molecule has 8 nitrogen and oxygen atoms in total. The van der Waals surface area contributed by atoms with Gasteiger partial charge in [0.05, 0.1) is 16.9 Å². The molecule has 5 heterocycles. The second-order valence-corrected chi connectivity index (χ2v) is 10.8. The van der Waals surface area contributed by atoms with E-state index < -0.39 is 0 Å². The van der Waals surface area contributed by atoms with Crippen LogP contribution in [0.15, 0.2) is 55.0 Å². The molecule has 38 heavy (non-hydrogen) atoms. The summed E-state index contributed by atoms with van der Waals surface area (Å²) >= 11 is 6.59. The number of piperazine rings is 1. The van der Waals surface area contributed by atoms with Gasteiger partial charge in [-0.3, -0.25) is 9.88 Å². The second kappa shape index (κ2) is 11.3. The number of rotatable bonds is 8. The molecule has 0 unspecified atom stereocenters. The molecular formula is C29H35ClN8. The zero-order chi connectivity index (χ0) is 25.9.